The van der Waals surface area contributed by atoms with E-state index in [2.05, 4.69) is 31.8 Å². The maximum atomic E-state index is 13.1. The van der Waals surface area contributed by atoms with Crippen LogP contribution in [0.15, 0.2) is 36.8 Å². The fourth-order valence-corrected chi connectivity index (χ4v) is 4.51. The lowest BCUT2D eigenvalue weighted by molar-refractivity contribution is 0.0726. The van der Waals surface area contributed by atoms with Crippen molar-refractivity contribution in [3.05, 3.63) is 53.5 Å². The molecule has 0 aromatic carbocycles. The smallest absolute Gasteiger partial charge is 0.257 e. The number of hydrogen-bond acceptors (Lipinski definition) is 7. The highest BCUT2D eigenvalue weighted by atomic mass is 16.5. The van der Waals surface area contributed by atoms with E-state index in [1.54, 1.807) is 17.8 Å². The largest absolute Gasteiger partial charge is 0.383 e. The third-order valence-electron chi connectivity index (χ3n) is 6.15. The number of anilines is 2. The van der Waals surface area contributed by atoms with Crippen molar-refractivity contribution < 1.29 is 9.53 Å². The number of fused-ring (bicyclic) bond motifs is 2. The second-order valence-corrected chi connectivity index (χ2v) is 8.61. The Balaban J connectivity index is 1.45. The molecule has 0 unspecified atom stereocenters. The van der Waals surface area contributed by atoms with E-state index in [9.17, 15) is 4.79 Å². The van der Waals surface area contributed by atoms with Crippen molar-refractivity contribution in [3.8, 4) is 0 Å². The molecule has 0 saturated carbocycles. The SMILES string of the molecule is COC[C@H](C)Nc1ncc2c(n1)NCC=C2c1ccn2ncc(C(=O)N3CCCCC3)c2c1. The van der Waals surface area contributed by atoms with E-state index in [1.807, 2.05) is 36.4 Å². The monoisotopic (exact) mass is 447 g/mol. The van der Waals surface area contributed by atoms with E-state index in [0.29, 0.717) is 24.7 Å². The predicted octanol–water partition coefficient (Wildman–Crippen LogP) is 3.05. The Hall–Kier alpha value is -3.46. The molecule has 5 heterocycles. The van der Waals surface area contributed by atoms with Gasteiger partial charge in [-0.25, -0.2) is 9.50 Å². The molecule has 0 aliphatic carbocycles. The van der Waals surface area contributed by atoms with E-state index >= 15 is 0 Å². The number of aromatic nitrogens is 4. The fourth-order valence-electron chi connectivity index (χ4n) is 4.51. The highest BCUT2D eigenvalue weighted by molar-refractivity contribution is 6.01. The molecule has 1 fully saturated rings. The number of nitrogens with one attached hydrogen (secondary N) is 2. The minimum atomic E-state index is 0.0609. The highest BCUT2D eigenvalue weighted by Gasteiger charge is 2.23. The molecular weight excluding hydrogens is 418 g/mol. The van der Waals surface area contributed by atoms with Gasteiger partial charge in [-0.15, -0.1) is 0 Å². The highest BCUT2D eigenvalue weighted by Crippen LogP contribution is 2.32. The Morgan fingerprint density at radius 2 is 2.12 bits per heavy atom. The minimum Gasteiger partial charge on any atom is -0.383 e. The van der Waals surface area contributed by atoms with Crippen LogP contribution in [0.4, 0.5) is 11.8 Å². The molecule has 0 spiro atoms. The van der Waals surface area contributed by atoms with Crippen molar-refractivity contribution in [1.82, 2.24) is 24.5 Å². The molecule has 3 aromatic rings. The Morgan fingerprint density at radius 1 is 1.27 bits per heavy atom. The third kappa shape index (κ3) is 4.28. The maximum Gasteiger partial charge on any atom is 0.257 e. The molecule has 2 aliphatic rings. The van der Waals surface area contributed by atoms with E-state index in [4.69, 9.17) is 4.74 Å². The zero-order chi connectivity index (χ0) is 22.8. The molecule has 0 bridgehead atoms. The van der Waals surface area contributed by atoms with Gasteiger partial charge in [0, 0.05) is 50.7 Å². The number of amides is 1. The Labute approximate surface area is 192 Å². The van der Waals surface area contributed by atoms with Crippen LogP contribution in [0.2, 0.25) is 0 Å². The number of piperidine rings is 1. The maximum absolute atomic E-state index is 13.1. The number of hydrogen-bond donors (Lipinski definition) is 2. The summed E-state index contributed by atoms with van der Waals surface area (Å²) >= 11 is 0. The zero-order valence-electron chi connectivity index (χ0n) is 19.0. The van der Waals surface area contributed by atoms with E-state index in [0.717, 1.165) is 54.0 Å². The summed E-state index contributed by atoms with van der Waals surface area (Å²) in [5, 5.41) is 11.0. The van der Waals surface area contributed by atoms with Gasteiger partial charge < -0.3 is 20.3 Å². The van der Waals surface area contributed by atoms with Gasteiger partial charge in [-0.05, 0) is 49.5 Å². The lowest BCUT2D eigenvalue weighted by atomic mass is 9.97. The first-order valence-electron chi connectivity index (χ1n) is 11.5. The number of pyridine rings is 1. The number of nitrogens with zero attached hydrogens (tertiary/aromatic N) is 5. The van der Waals surface area contributed by atoms with Gasteiger partial charge in [0.25, 0.3) is 5.91 Å². The number of carbonyl (C=O) groups is 1. The molecule has 9 heteroatoms. The molecule has 172 valence electrons. The molecule has 1 amide bonds. The van der Waals surface area contributed by atoms with Crippen LogP contribution in [0.1, 0.15) is 47.7 Å². The van der Waals surface area contributed by atoms with Crippen molar-refractivity contribution in [1.29, 1.82) is 0 Å². The first kappa shape index (κ1) is 21.4. The van der Waals surface area contributed by atoms with Crippen LogP contribution in [0.5, 0.6) is 0 Å². The van der Waals surface area contributed by atoms with Crippen molar-refractivity contribution >= 4 is 28.8 Å². The van der Waals surface area contributed by atoms with Gasteiger partial charge in [-0.1, -0.05) is 6.08 Å². The molecule has 9 nitrogen and oxygen atoms in total. The number of likely N-dealkylation sites (tertiary alicyclic amines) is 1. The van der Waals surface area contributed by atoms with Gasteiger partial charge in [0.05, 0.1) is 23.9 Å². The zero-order valence-corrected chi connectivity index (χ0v) is 19.0. The summed E-state index contributed by atoms with van der Waals surface area (Å²) in [6.07, 6.45) is 10.9. The lowest BCUT2D eigenvalue weighted by Gasteiger charge is -2.26. The topological polar surface area (TPSA) is 96.7 Å². The van der Waals surface area contributed by atoms with Crippen LogP contribution in [0.25, 0.3) is 11.1 Å². The number of rotatable bonds is 6. The van der Waals surface area contributed by atoms with Crippen LogP contribution in [0, 0.1) is 0 Å². The Kier molecular flexibility index (Phi) is 5.95. The van der Waals surface area contributed by atoms with Crippen molar-refractivity contribution in [2.75, 3.05) is 44.0 Å². The van der Waals surface area contributed by atoms with Gasteiger partial charge >= 0.3 is 0 Å². The first-order valence-corrected chi connectivity index (χ1v) is 11.5. The summed E-state index contributed by atoms with van der Waals surface area (Å²) in [5.74, 6) is 1.41. The number of ether oxygens (including phenoxy) is 1. The third-order valence-corrected chi connectivity index (χ3v) is 6.15. The second-order valence-electron chi connectivity index (χ2n) is 8.61. The Morgan fingerprint density at radius 3 is 2.94 bits per heavy atom. The van der Waals surface area contributed by atoms with Crippen molar-refractivity contribution in [3.63, 3.8) is 0 Å². The summed E-state index contributed by atoms with van der Waals surface area (Å²) in [7, 11) is 1.67. The average molecular weight is 448 g/mol. The van der Waals surface area contributed by atoms with Gasteiger partial charge in [-0.3, -0.25) is 4.79 Å². The first-order chi connectivity index (χ1) is 16.1. The summed E-state index contributed by atoms with van der Waals surface area (Å²) in [4.78, 5) is 24.3. The summed E-state index contributed by atoms with van der Waals surface area (Å²) in [6, 6.07) is 4.16. The second kappa shape index (κ2) is 9.19. The molecule has 5 rings (SSSR count). The van der Waals surface area contributed by atoms with Crippen molar-refractivity contribution in [2.45, 2.75) is 32.2 Å². The summed E-state index contributed by atoms with van der Waals surface area (Å²) < 4.78 is 6.95. The average Bonchev–Trinajstić information content (AvgIpc) is 3.27. The van der Waals surface area contributed by atoms with Crippen LogP contribution in [-0.2, 0) is 4.74 Å². The van der Waals surface area contributed by atoms with E-state index in [1.165, 1.54) is 6.42 Å². The number of carbonyl (C=O) groups excluding carboxylic acids is 1. The molecule has 33 heavy (non-hydrogen) atoms. The molecule has 0 radical (unpaired) electrons. The van der Waals surface area contributed by atoms with Crippen LogP contribution in [-0.4, -0.2) is 69.8 Å². The van der Waals surface area contributed by atoms with E-state index < -0.39 is 0 Å². The van der Waals surface area contributed by atoms with Gasteiger partial charge in [0.15, 0.2) is 0 Å². The molecule has 2 N–H and O–H groups in total. The minimum absolute atomic E-state index is 0.0609. The van der Waals surface area contributed by atoms with Gasteiger partial charge in [0.2, 0.25) is 5.95 Å². The molecular formula is C24H29N7O2. The Bertz CT molecular complexity index is 1200. The summed E-state index contributed by atoms with van der Waals surface area (Å²) in [5.41, 5.74) is 4.45. The summed E-state index contributed by atoms with van der Waals surface area (Å²) in [6.45, 7) is 4.89. The van der Waals surface area contributed by atoms with Gasteiger partial charge in [-0.2, -0.15) is 10.1 Å². The normalized spacial score (nSPS) is 16.7. The standard InChI is InChI=1S/C24H29N7O2/c1-16(15-33-2)28-24-26-13-19-18(6-8-25-22(19)29-24)17-7-11-31-21(12-17)20(14-27-31)23(32)30-9-4-3-5-10-30/h6-7,11-14,16H,3-5,8-10,15H2,1-2H3,(H2,25,26,28,29)/t16-/m0/s1. The van der Waals surface area contributed by atoms with Crippen molar-refractivity contribution in [2.24, 2.45) is 0 Å². The van der Waals surface area contributed by atoms with Crippen LogP contribution in [0.3, 0.4) is 0 Å². The quantitative estimate of drug-likeness (QED) is 0.599. The van der Waals surface area contributed by atoms with Crippen LogP contribution < -0.4 is 10.6 Å². The predicted molar refractivity (Wildman–Crippen MR) is 128 cm³/mol. The molecule has 1 atom stereocenters. The molecule has 1 saturated heterocycles. The fraction of sp³-hybridized carbons (Fsp3) is 0.417. The molecule has 2 aliphatic heterocycles. The lowest BCUT2D eigenvalue weighted by Crippen LogP contribution is -2.35. The van der Waals surface area contributed by atoms with Gasteiger partial charge in [0.1, 0.15) is 5.82 Å². The van der Waals surface area contributed by atoms with E-state index in [-0.39, 0.29) is 11.9 Å². The molecule has 3 aromatic heterocycles. The number of methoxy groups -OCH3 is 1. The van der Waals surface area contributed by atoms with Crippen LogP contribution >= 0.6 is 0 Å².